The Bertz CT molecular complexity index is 1040. The number of benzene rings is 2. The molecule has 2 aliphatic rings. The minimum Gasteiger partial charge on any atom is -0.490 e. The molecule has 0 aliphatic carbocycles. The third-order valence-corrected chi connectivity index (χ3v) is 4.96. The number of ether oxygens (including phenoxy) is 3. The van der Waals surface area contributed by atoms with Crippen molar-refractivity contribution in [3.8, 4) is 11.5 Å². The molecular formula is C26H28O6. The van der Waals surface area contributed by atoms with Crippen LogP contribution < -0.4 is 9.47 Å². The first-order valence-electron chi connectivity index (χ1n) is 10.7. The van der Waals surface area contributed by atoms with Gasteiger partial charge in [-0.15, -0.1) is 0 Å². The number of carbonyl (C=O) groups excluding carboxylic acids is 1. The number of aromatic carboxylic acids is 1. The highest BCUT2D eigenvalue weighted by Gasteiger charge is 2.14. The largest absolute Gasteiger partial charge is 0.490 e. The van der Waals surface area contributed by atoms with Gasteiger partial charge in [-0.1, -0.05) is 24.3 Å². The molecule has 0 radical (unpaired) electrons. The molecule has 32 heavy (non-hydrogen) atoms. The van der Waals surface area contributed by atoms with Gasteiger partial charge in [-0.05, 0) is 57.2 Å². The van der Waals surface area contributed by atoms with Crippen LogP contribution in [0, 0.1) is 0 Å². The molecule has 2 heterocycles. The number of hydrogen-bond donors (Lipinski definition) is 1. The van der Waals surface area contributed by atoms with Crippen molar-refractivity contribution < 1.29 is 28.9 Å². The molecule has 2 aromatic carbocycles. The summed E-state index contributed by atoms with van der Waals surface area (Å²) in [6.07, 6.45) is 9.99. The third kappa shape index (κ3) is 6.00. The number of carboxylic acids is 1. The van der Waals surface area contributed by atoms with E-state index in [2.05, 4.69) is 6.08 Å². The van der Waals surface area contributed by atoms with Crippen LogP contribution in [0.25, 0.3) is 12.2 Å². The fourth-order valence-electron chi connectivity index (χ4n) is 3.35. The molecule has 6 heteroatoms. The number of carbonyl (C=O) groups is 2. The van der Waals surface area contributed by atoms with Crippen LogP contribution in [0.5, 0.6) is 11.5 Å². The molecule has 0 amide bonds. The van der Waals surface area contributed by atoms with Gasteiger partial charge in [-0.25, -0.2) is 9.59 Å². The van der Waals surface area contributed by atoms with Crippen LogP contribution in [0.4, 0.5) is 0 Å². The van der Waals surface area contributed by atoms with Crippen molar-refractivity contribution >= 4 is 24.1 Å². The molecule has 1 N–H and O–H groups in total. The Hall–Kier alpha value is -3.54. The maximum Gasteiger partial charge on any atom is 0.338 e. The van der Waals surface area contributed by atoms with E-state index in [0.29, 0.717) is 12.2 Å². The number of esters is 1. The van der Waals surface area contributed by atoms with Crippen LogP contribution in [0.1, 0.15) is 65.5 Å². The van der Waals surface area contributed by atoms with Crippen molar-refractivity contribution in [2.45, 2.75) is 45.8 Å². The Morgan fingerprint density at radius 3 is 1.91 bits per heavy atom. The van der Waals surface area contributed by atoms with Gasteiger partial charge < -0.3 is 19.3 Å². The molecule has 0 saturated carbocycles. The fraction of sp³-hybridized carbons (Fsp3) is 0.308. The van der Waals surface area contributed by atoms with E-state index in [0.717, 1.165) is 35.5 Å². The summed E-state index contributed by atoms with van der Waals surface area (Å²) >= 11 is 0. The summed E-state index contributed by atoms with van der Waals surface area (Å²) in [4.78, 5) is 22.4. The zero-order valence-corrected chi connectivity index (χ0v) is 18.5. The first kappa shape index (κ1) is 23.1. The van der Waals surface area contributed by atoms with Crippen molar-refractivity contribution in [3.63, 3.8) is 0 Å². The second-order valence-electron chi connectivity index (χ2n) is 7.66. The number of carboxylic acid groups (broad SMARTS) is 1. The molecule has 4 rings (SSSR count). The van der Waals surface area contributed by atoms with E-state index in [9.17, 15) is 9.59 Å². The van der Waals surface area contributed by atoms with Crippen molar-refractivity contribution in [1.29, 1.82) is 0 Å². The average molecular weight is 437 g/mol. The van der Waals surface area contributed by atoms with Crippen LogP contribution in [0.2, 0.25) is 0 Å². The highest BCUT2D eigenvalue weighted by Crippen LogP contribution is 2.27. The van der Waals surface area contributed by atoms with E-state index in [1.807, 2.05) is 44.2 Å². The Kier molecular flexibility index (Phi) is 7.71. The van der Waals surface area contributed by atoms with Crippen molar-refractivity contribution in [2.75, 3.05) is 6.61 Å². The standard InChI is InChI=1S/C14H16O3.C12H12O3/c1-3-16-14(15)12-7-8-13-11(9-12)6-4-5-10(2)17-13;1-8-3-2-4-9-7-10(12(13)14)5-6-11(9)15-8/h4,6-10H,3,5H2,1-2H3;2,4-8H,3H2,1H3,(H,13,14). The average Bonchev–Trinajstić information content (AvgIpc) is 3.06. The summed E-state index contributed by atoms with van der Waals surface area (Å²) in [6, 6.07) is 10.3. The minimum atomic E-state index is -0.913. The monoisotopic (exact) mass is 436 g/mol. The summed E-state index contributed by atoms with van der Waals surface area (Å²) in [7, 11) is 0. The lowest BCUT2D eigenvalue weighted by Gasteiger charge is -2.13. The normalized spacial score (nSPS) is 18.3. The molecule has 0 saturated heterocycles. The van der Waals surface area contributed by atoms with Gasteiger partial charge in [0.2, 0.25) is 0 Å². The van der Waals surface area contributed by atoms with Gasteiger partial charge in [0.05, 0.1) is 29.9 Å². The second kappa shape index (κ2) is 10.7. The smallest absolute Gasteiger partial charge is 0.338 e. The Balaban J connectivity index is 0.000000182. The topological polar surface area (TPSA) is 82.1 Å². The van der Waals surface area contributed by atoms with E-state index in [-0.39, 0.29) is 23.7 Å². The van der Waals surface area contributed by atoms with E-state index in [1.165, 1.54) is 0 Å². The summed E-state index contributed by atoms with van der Waals surface area (Å²) in [5.41, 5.74) is 2.61. The maximum absolute atomic E-state index is 11.6. The molecule has 2 aliphatic heterocycles. The van der Waals surface area contributed by atoms with Crippen LogP contribution in [-0.4, -0.2) is 35.9 Å². The first-order chi connectivity index (χ1) is 15.4. The van der Waals surface area contributed by atoms with Gasteiger partial charge >= 0.3 is 11.9 Å². The van der Waals surface area contributed by atoms with Crippen molar-refractivity contribution in [1.82, 2.24) is 0 Å². The van der Waals surface area contributed by atoms with Crippen LogP contribution in [0.15, 0.2) is 48.6 Å². The van der Waals surface area contributed by atoms with E-state index < -0.39 is 5.97 Å². The highest BCUT2D eigenvalue weighted by molar-refractivity contribution is 5.90. The predicted octanol–water partition coefficient (Wildman–Crippen LogP) is 5.62. The molecule has 168 valence electrons. The minimum absolute atomic E-state index is 0.137. The number of rotatable bonds is 3. The highest BCUT2D eigenvalue weighted by atomic mass is 16.5. The van der Waals surface area contributed by atoms with Crippen LogP contribution in [-0.2, 0) is 4.74 Å². The molecule has 0 bridgehead atoms. The van der Waals surface area contributed by atoms with E-state index in [1.54, 1.807) is 31.2 Å². The summed E-state index contributed by atoms with van der Waals surface area (Å²) in [5.74, 6) is 0.366. The fourth-order valence-corrected chi connectivity index (χ4v) is 3.35. The Labute approximate surface area is 188 Å². The molecule has 2 aromatic rings. The van der Waals surface area contributed by atoms with E-state index in [4.69, 9.17) is 19.3 Å². The summed E-state index contributed by atoms with van der Waals surface area (Å²) in [6.45, 7) is 6.20. The third-order valence-electron chi connectivity index (χ3n) is 4.96. The molecule has 2 unspecified atom stereocenters. The van der Waals surface area contributed by atoms with E-state index >= 15 is 0 Å². The lowest BCUT2D eigenvalue weighted by Crippen LogP contribution is -2.10. The summed E-state index contributed by atoms with van der Waals surface area (Å²) in [5, 5.41) is 8.84. The number of hydrogen-bond acceptors (Lipinski definition) is 5. The molecule has 0 fully saturated rings. The lowest BCUT2D eigenvalue weighted by atomic mass is 10.1. The lowest BCUT2D eigenvalue weighted by molar-refractivity contribution is 0.0525. The number of fused-ring (bicyclic) bond motifs is 2. The second-order valence-corrected chi connectivity index (χ2v) is 7.66. The van der Waals surface area contributed by atoms with Gasteiger partial charge in [0, 0.05) is 24.0 Å². The zero-order valence-electron chi connectivity index (χ0n) is 18.5. The molecule has 0 spiro atoms. The van der Waals surface area contributed by atoms with Gasteiger partial charge in [0.15, 0.2) is 0 Å². The SMILES string of the molecule is CC1CC=Cc2cc(C(=O)O)ccc2O1.CCOC(=O)c1ccc2c(c1)C=CCC(C)O2. The Morgan fingerprint density at radius 1 is 0.906 bits per heavy atom. The van der Waals surface area contributed by atoms with Crippen molar-refractivity contribution in [2.24, 2.45) is 0 Å². The van der Waals surface area contributed by atoms with Gasteiger partial charge in [-0.2, -0.15) is 0 Å². The zero-order chi connectivity index (χ0) is 23.1. The van der Waals surface area contributed by atoms with Crippen LogP contribution in [0.3, 0.4) is 0 Å². The summed E-state index contributed by atoms with van der Waals surface area (Å²) < 4.78 is 16.3. The van der Waals surface area contributed by atoms with Gasteiger partial charge in [0.1, 0.15) is 11.5 Å². The molecular weight excluding hydrogens is 408 g/mol. The quantitative estimate of drug-likeness (QED) is 0.629. The van der Waals surface area contributed by atoms with Gasteiger partial charge in [0.25, 0.3) is 0 Å². The first-order valence-corrected chi connectivity index (χ1v) is 10.7. The van der Waals surface area contributed by atoms with Gasteiger partial charge in [-0.3, -0.25) is 0 Å². The maximum atomic E-state index is 11.6. The van der Waals surface area contributed by atoms with Crippen LogP contribution >= 0.6 is 0 Å². The molecule has 0 aromatic heterocycles. The Morgan fingerprint density at radius 2 is 1.41 bits per heavy atom. The molecule has 2 atom stereocenters. The van der Waals surface area contributed by atoms with Crippen molar-refractivity contribution in [3.05, 3.63) is 70.8 Å². The predicted molar refractivity (Wildman–Crippen MR) is 123 cm³/mol. The molecule has 6 nitrogen and oxygen atoms in total.